The van der Waals surface area contributed by atoms with Crippen LogP contribution in [0.4, 0.5) is 0 Å². The summed E-state index contributed by atoms with van der Waals surface area (Å²) >= 11 is 0. The summed E-state index contributed by atoms with van der Waals surface area (Å²) in [6, 6.07) is 0. The smallest absolute Gasteiger partial charge is 0.226 e. The van der Waals surface area contributed by atoms with E-state index in [0.717, 1.165) is 58.5 Å². The van der Waals surface area contributed by atoms with Crippen molar-refractivity contribution in [2.45, 2.75) is 39.0 Å². The largest absolute Gasteiger partial charge is 0.354 e. The Balaban J connectivity index is 0.00000180. The predicted octanol–water partition coefficient (Wildman–Crippen LogP) is 1.40. The van der Waals surface area contributed by atoms with E-state index in [-0.39, 0.29) is 17.8 Å². The van der Waals surface area contributed by atoms with Gasteiger partial charge in [0.1, 0.15) is 0 Å². The molecule has 0 aromatic carbocycles. The molecule has 2 N–H and O–H groups in total. The summed E-state index contributed by atoms with van der Waals surface area (Å²) < 4.78 is 0. The van der Waals surface area contributed by atoms with Crippen molar-refractivity contribution in [2.24, 2.45) is 5.41 Å². The molecule has 1 amide bonds. The summed E-state index contributed by atoms with van der Waals surface area (Å²) in [7, 11) is 0. The number of carbonyl (C=O) groups is 1. The van der Waals surface area contributed by atoms with Crippen molar-refractivity contribution in [3.05, 3.63) is 0 Å². The highest BCUT2D eigenvalue weighted by atomic mass is 35.5. The molecular formula is C14H28ClN3O. The zero-order valence-corrected chi connectivity index (χ0v) is 12.9. The van der Waals surface area contributed by atoms with E-state index in [1.54, 1.807) is 0 Å². The molecule has 2 rings (SSSR count). The summed E-state index contributed by atoms with van der Waals surface area (Å²) in [6.45, 7) is 8.32. The van der Waals surface area contributed by atoms with Gasteiger partial charge in [-0.25, -0.2) is 0 Å². The van der Waals surface area contributed by atoms with Gasteiger partial charge in [-0.1, -0.05) is 19.8 Å². The van der Waals surface area contributed by atoms with E-state index in [2.05, 4.69) is 22.5 Å². The van der Waals surface area contributed by atoms with Crippen molar-refractivity contribution >= 4 is 18.3 Å². The quantitative estimate of drug-likeness (QED) is 0.804. The van der Waals surface area contributed by atoms with Gasteiger partial charge >= 0.3 is 0 Å². The van der Waals surface area contributed by atoms with Crippen molar-refractivity contribution in [3.8, 4) is 0 Å². The maximum Gasteiger partial charge on any atom is 0.226 e. The maximum atomic E-state index is 12.3. The minimum Gasteiger partial charge on any atom is -0.354 e. The molecule has 5 heteroatoms. The van der Waals surface area contributed by atoms with Crippen LogP contribution >= 0.6 is 12.4 Å². The first kappa shape index (κ1) is 16.7. The van der Waals surface area contributed by atoms with Crippen LogP contribution in [0, 0.1) is 5.41 Å². The minimum absolute atomic E-state index is 0. The summed E-state index contributed by atoms with van der Waals surface area (Å²) in [5, 5.41) is 6.51. The fourth-order valence-electron chi connectivity index (χ4n) is 3.24. The van der Waals surface area contributed by atoms with Gasteiger partial charge in [0.2, 0.25) is 5.91 Å². The molecular weight excluding hydrogens is 262 g/mol. The van der Waals surface area contributed by atoms with Crippen molar-refractivity contribution in [2.75, 3.05) is 39.3 Å². The maximum absolute atomic E-state index is 12.3. The average Bonchev–Trinajstić information content (AvgIpc) is 2.90. The van der Waals surface area contributed by atoms with Crippen LogP contribution in [-0.4, -0.2) is 50.1 Å². The molecule has 0 radical (unpaired) electrons. The molecule has 1 saturated heterocycles. The van der Waals surface area contributed by atoms with Gasteiger partial charge in [0.05, 0.1) is 0 Å². The second-order valence-electron chi connectivity index (χ2n) is 5.69. The fraction of sp³-hybridized carbons (Fsp3) is 0.929. The minimum atomic E-state index is -0.0382. The predicted molar refractivity (Wildman–Crippen MR) is 80.8 cm³/mol. The van der Waals surface area contributed by atoms with Gasteiger partial charge in [0, 0.05) is 44.7 Å². The van der Waals surface area contributed by atoms with Crippen LogP contribution in [0.25, 0.3) is 0 Å². The van der Waals surface area contributed by atoms with Crippen molar-refractivity contribution in [3.63, 3.8) is 0 Å². The third-order valence-corrected chi connectivity index (χ3v) is 4.64. The van der Waals surface area contributed by atoms with Crippen molar-refractivity contribution in [1.82, 2.24) is 15.5 Å². The molecule has 4 nitrogen and oxygen atoms in total. The number of hydrogen-bond acceptors (Lipinski definition) is 3. The Hall–Kier alpha value is -0.320. The Morgan fingerprint density at radius 3 is 2.47 bits per heavy atom. The van der Waals surface area contributed by atoms with Gasteiger partial charge in [-0.2, -0.15) is 0 Å². The fourth-order valence-corrected chi connectivity index (χ4v) is 3.24. The van der Waals surface area contributed by atoms with E-state index < -0.39 is 0 Å². The summed E-state index contributed by atoms with van der Waals surface area (Å²) in [5.41, 5.74) is -0.0382. The molecule has 0 spiro atoms. The second-order valence-corrected chi connectivity index (χ2v) is 5.69. The molecule has 1 heterocycles. The van der Waals surface area contributed by atoms with Gasteiger partial charge < -0.3 is 10.6 Å². The SMILES string of the molecule is CCC1(C(=O)NCCN2CCNCC2)CCCC1.Cl. The van der Waals surface area contributed by atoms with Crippen LogP contribution < -0.4 is 10.6 Å². The molecule has 0 aromatic rings. The van der Waals surface area contributed by atoms with E-state index in [0.29, 0.717) is 5.91 Å². The highest BCUT2D eigenvalue weighted by Gasteiger charge is 2.38. The van der Waals surface area contributed by atoms with Gasteiger partial charge in [-0.15, -0.1) is 12.4 Å². The van der Waals surface area contributed by atoms with Crippen LogP contribution in [0.3, 0.4) is 0 Å². The number of rotatable bonds is 5. The highest BCUT2D eigenvalue weighted by Crippen LogP contribution is 2.40. The zero-order valence-electron chi connectivity index (χ0n) is 12.0. The van der Waals surface area contributed by atoms with Crippen molar-refractivity contribution < 1.29 is 4.79 Å². The third-order valence-electron chi connectivity index (χ3n) is 4.64. The van der Waals surface area contributed by atoms with Gasteiger partial charge in [-0.05, 0) is 19.3 Å². The monoisotopic (exact) mass is 289 g/mol. The van der Waals surface area contributed by atoms with E-state index in [4.69, 9.17) is 0 Å². The average molecular weight is 290 g/mol. The Morgan fingerprint density at radius 1 is 1.26 bits per heavy atom. The van der Waals surface area contributed by atoms with E-state index in [9.17, 15) is 4.79 Å². The molecule has 2 fully saturated rings. The number of piperazine rings is 1. The first-order valence-electron chi connectivity index (χ1n) is 7.48. The lowest BCUT2D eigenvalue weighted by molar-refractivity contribution is -0.131. The summed E-state index contributed by atoms with van der Waals surface area (Å²) in [4.78, 5) is 14.7. The summed E-state index contributed by atoms with van der Waals surface area (Å²) in [5.74, 6) is 0.303. The van der Waals surface area contributed by atoms with Gasteiger partial charge in [0.25, 0.3) is 0 Å². The van der Waals surface area contributed by atoms with Crippen LogP contribution in [0.5, 0.6) is 0 Å². The lowest BCUT2D eigenvalue weighted by Crippen LogP contribution is -2.47. The van der Waals surface area contributed by atoms with Crippen LogP contribution in [0.1, 0.15) is 39.0 Å². The molecule has 1 saturated carbocycles. The number of nitrogens with zero attached hydrogens (tertiary/aromatic N) is 1. The number of amides is 1. The first-order chi connectivity index (χ1) is 8.77. The molecule has 0 unspecified atom stereocenters. The lowest BCUT2D eigenvalue weighted by atomic mass is 9.82. The van der Waals surface area contributed by atoms with E-state index >= 15 is 0 Å². The van der Waals surface area contributed by atoms with Crippen molar-refractivity contribution in [1.29, 1.82) is 0 Å². The Kier molecular flexibility index (Phi) is 7.11. The molecule has 1 aliphatic carbocycles. The highest BCUT2D eigenvalue weighted by molar-refractivity contribution is 5.85. The topological polar surface area (TPSA) is 44.4 Å². The number of carbonyl (C=O) groups excluding carboxylic acids is 1. The molecule has 0 aromatic heterocycles. The van der Waals surface area contributed by atoms with E-state index in [1.165, 1.54) is 12.8 Å². The number of hydrogen-bond donors (Lipinski definition) is 2. The number of nitrogens with one attached hydrogen (secondary N) is 2. The Morgan fingerprint density at radius 2 is 1.89 bits per heavy atom. The van der Waals surface area contributed by atoms with E-state index in [1.807, 2.05) is 0 Å². The zero-order chi connectivity index (χ0) is 12.8. The third kappa shape index (κ3) is 4.33. The molecule has 0 bridgehead atoms. The molecule has 112 valence electrons. The molecule has 2 aliphatic rings. The van der Waals surface area contributed by atoms with Crippen LogP contribution in [0.15, 0.2) is 0 Å². The molecule has 1 aliphatic heterocycles. The second kappa shape index (κ2) is 8.08. The first-order valence-corrected chi connectivity index (χ1v) is 7.48. The molecule has 19 heavy (non-hydrogen) atoms. The standard InChI is InChI=1S/C14H27N3O.ClH/c1-2-14(5-3-4-6-14)13(18)16-9-12-17-10-7-15-8-11-17;/h15H,2-12H2,1H3,(H,16,18);1H. The lowest BCUT2D eigenvalue weighted by Gasteiger charge is -2.29. The normalized spacial score (nSPS) is 22.8. The summed E-state index contributed by atoms with van der Waals surface area (Å²) in [6.07, 6.45) is 5.61. The molecule has 0 atom stereocenters. The van der Waals surface area contributed by atoms with Gasteiger partial charge in [0.15, 0.2) is 0 Å². The number of halogens is 1. The van der Waals surface area contributed by atoms with Crippen LogP contribution in [0.2, 0.25) is 0 Å². The van der Waals surface area contributed by atoms with Crippen LogP contribution in [-0.2, 0) is 4.79 Å². The van der Waals surface area contributed by atoms with Gasteiger partial charge in [-0.3, -0.25) is 9.69 Å². The Labute approximate surface area is 123 Å². The Bertz CT molecular complexity index is 274.